The third-order valence-electron chi connectivity index (χ3n) is 5.29. The molecule has 0 saturated heterocycles. The van der Waals surface area contributed by atoms with Crippen molar-refractivity contribution in [2.24, 2.45) is 11.8 Å². The van der Waals surface area contributed by atoms with Crippen LogP contribution in [-0.4, -0.2) is 24.0 Å². The third-order valence-corrected chi connectivity index (χ3v) is 5.29. The number of benzene rings is 2. The Balaban J connectivity index is 1.69. The molecule has 27 heavy (non-hydrogen) atoms. The van der Waals surface area contributed by atoms with Crippen LogP contribution in [-0.2, 0) is 16.0 Å². The Labute approximate surface area is 160 Å². The first kappa shape index (κ1) is 19.0. The van der Waals surface area contributed by atoms with Crippen LogP contribution in [0.4, 0.5) is 0 Å². The Bertz CT molecular complexity index is 773. The summed E-state index contributed by atoms with van der Waals surface area (Å²) >= 11 is 0. The number of nitrogens with one attached hydrogen (secondary N) is 1. The van der Waals surface area contributed by atoms with E-state index in [0.717, 1.165) is 31.1 Å². The average molecular weight is 363 g/mol. The molecule has 2 aromatic rings. The zero-order valence-corrected chi connectivity index (χ0v) is 15.3. The maximum absolute atomic E-state index is 12.9. The van der Waals surface area contributed by atoms with E-state index in [-0.39, 0.29) is 23.5 Å². The van der Waals surface area contributed by atoms with Crippen LogP contribution in [0.15, 0.2) is 60.7 Å². The molecule has 0 spiro atoms. The molecular weight excluding hydrogens is 338 g/mol. The summed E-state index contributed by atoms with van der Waals surface area (Å²) in [4.78, 5) is 37.3. The van der Waals surface area contributed by atoms with Gasteiger partial charge in [-0.2, -0.15) is 0 Å². The maximum atomic E-state index is 12.9. The van der Waals surface area contributed by atoms with Gasteiger partial charge in [0.2, 0.25) is 5.91 Å². The van der Waals surface area contributed by atoms with Crippen molar-refractivity contribution in [1.29, 1.82) is 0 Å². The summed E-state index contributed by atoms with van der Waals surface area (Å²) in [6, 6.07) is 18.2. The van der Waals surface area contributed by atoms with Crippen molar-refractivity contribution in [3.05, 3.63) is 71.8 Å². The van der Waals surface area contributed by atoms with Gasteiger partial charge in [-0.15, -0.1) is 0 Å². The zero-order chi connectivity index (χ0) is 19.1. The Hall–Kier alpha value is -2.75. The van der Waals surface area contributed by atoms with Crippen molar-refractivity contribution in [3.63, 3.8) is 0 Å². The Morgan fingerprint density at radius 3 is 2.15 bits per heavy atom. The molecule has 0 bridgehead atoms. The van der Waals surface area contributed by atoms with Crippen molar-refractivity contribution in [2.75, 3.05) is 0 Å². The van der Waals surface area contributed by atoms with Crippen molar-refractivity contribution in [2.45, 2.75) is 38.1 Å². The molecule has 1 aliphatic carbocycles. The molecule has 0 aliphatic heterocycles. The molecule has 1 fully saturated rings. The van der Waals surface area contributed by atoms with Gasteiger partial charge in [0, 0.05) is 17.4 Å². The van der Waals surface area contributed by atoms with Crippen LogP contribution >= 0.6 is 0 Å². The highest BCUT2D eigenvalue weighted by molar-refractivity contribution is 6.00. The SMILES string of the molecule is O=C[C@H](Cc1ccccc1)NC(=O)C1CCCCC1C(=O)c1ccccc1. The summed E-state index contributed by atoms with van der Waals surface area (Å²) < 4.78 is 0. The monoisotopic (exact) mass is 363 g/mol. The average Bonchev–Trinajstić information content (AvgIpc) is 2.74. The third kappa shape index (κ3) is 4.91. The van der Waals surface area contributed by atoms with E-state index in [9.17, 15) is 14.4 Å². The molecule has 1 saturated carbocycles. The van der Waals surface area contributed by atoms with Crippen molar-refractivity contribution < 1.29 is 14.4 Å². The molecule has 3 atom stereocenters. The number of rotatable bonds is 7. The molecule has 1 amide bonds. The topological polar surface area (TPSA) is 63.2 Å². The molecule has 0 radical (unpaired) electrons. The van der Waals surface area contributed by atoms with Gasteiger partial charge in [-0.25, -0.2) is 0 Å². The summed E-state index contributed by atoms with van der Waals surface area (Å²) in [5.41, 5.74) is 1.65. The quantitative estimate of drug-likeness (QED) is 0.604. The highest BCUT2D eigenvalue weighted by Gasteiger charge is 2.36. The van der Waals surface area contributed by atoms with Crippen molar-refractivity contribution >= 4 is 18.0 Å². The molecule has 140 valence electrons. The molecule has 4 heteroatoms. The molecule has 0 aromatic heterocycles. The zero-order valence-electron chi connectivity index (χ0n) is 15.3. The highest BCUT2D eigenvalue weighted by atomic mass is 16.2. The van der Waals surface area contributed by atoms with Crippen LogP contribution < -0.4 is 5.32 Å². The predicted octanol–water partition coefficient (Wildman–Crippen LogP) is 3.60. The number of aldehydes is 1. The van der Waals surface area contributed by atoms with E-state index in [4.69, 9.17) is 0 Å². The normalized spacial score (nSPS) is 20.4. The molecule has 3 rings (SSSR count). The van der Waals surface area contributed by atoms with Gasteiger partial charge >= 0.3 is 0 Å². The molecule has 2 unspecified atom stereocenters. The van der Waals surface area contributed by atoms with Gasteiger partial charge in [-0.1, -0.05) is 73.5 Å². The second kappa shape index (κ2) is 9.26. The number of hydrogen-bond donors (Lipinski definition) is 1. The fourth-order valence-corrected chi connectivity index (χ4v) is 3.87. The van der Waals surface area contributed by atoms with Gasteiger partial charge in [-0.3, -0.25) is 9.59 Å². The lowest BCUT2D eigenvalue weighted by Crippen LogP contribution is -2.45. The number of ketones is 1. The Morgan fingerprint density at radius 2 is 1.52 bits per heavy atom. The minimum absolute atomic E-state index is 0.0289. The van der Waals surface area contributed by atoms with Gasteiger partial charge in [0.05, 0.1) is 6.04 Å². The molecular formula is C23H25NO3. The molecule has 1 aliphatic rings. The summed E-state index contributed by atoms with van der Waals surface area (Å²) in [5, 5.41) is 2.86. The second-order valence-corrected chi connectivity index (χ2v) is 7.17. The molecule has 0 heterocycles. The molecule has 4 nitrogen and oxygen atoms in total. The first-order chi connectivity index (χ1) is 13.2. The first-order valence-corrected chi connectivity index (χ1v) is 9.58. The summed E-state index contributed by atoms with van der Waals surface area (Å²) in [6.07, 6.45) is 4.53. The fraction of sp³-hybridized carbons (Fsp3) is 0.348. The number of carbonyl (C=O) groups is 3. The van der Waals surface area contributed by atoms with Gasteiger partial charge in [0.15, 0.2) is 5.78 Å². The van der Waals surface area contributed by atoms with Crippen LogP contribution in [0.1, 0.15) is 41.6 Å². The van der Waals surface area contributed by atoms with Gasteiger partial charge in [0.1, 0.15) is 6.29 Å². The van der Waals surface area contributed by atoms with Crippen LogP contribution in [0.3, 0.4) is 0 Å². The van der Waals surface area contributed by atoms with E-state index < -0.39 is 6.04 Å². The van der Waals surface area contributed by atoms with E-state index in [1.54, 1.807) is 12.1 Å². The summed E-state index contributed by atoms with van der Waals surface area (Å²) in [6.45, 7) is 0. The van der Waals surface area contributed by atoms with E-state index in [0.29, 0.717) is 18.4 Å². The van der Waals surface area contributed by atoms with Gasteiger partial charge in [0.25, 0.3) is 0 Å². The standard InChI is InChI=1S/C23H25NO3/c25-16-19(15-17-9-3-1-4-10-17)24-23(27)21-14-8-7-13-20(21)22(26)18-11-5-2-6-12-18/h1-6,9-12,16,19-21H,7-8,13-15H2,(H,24,27)/t19-,20?,21?/m0/s1. The van der Waals surface area contributed by atoms with Crippen LogP contribution in [0.2, 0.25) is 0 Å². The number of amides is 1. The Morgan fingerprint density at radius 1 is 0.926 bits per heavy atom. The maximum Gasteiger partial charge on any atom is 0.224 e. The number of carbonyl (C=O) groups excluding carboxylic acids is 3. The summed E-state index contributed by atoms with van der Waals surface area (Å²) in [5.74, 6) is -0.840. The number of Topliss-reactive ketones (excluding diaryl/α,β-unsaturated/α-hetero) is 1. The van der Waals surface area contributed by atoms with E-state index in [2.05, 4.69) is 5.32 Å². The fourth-order valence-electron chi connectivity index (χ4n) is 3.87. The minimum atomic E-state index is -0.575. The van der Waals surface area contributed by atoms with Crippen molar-refractivity contribution in [3.8, 4) is 0 Å². The summed E-state index contributed by atoms with van der Waals surface area (Å²) in [7, 11) is 0. The molecule has 1 N–H and O–H groups in total. The van der Waals surface area contributed by atoms with E-state index in [1.807, 2.05) is 48.5 Å². The lowest BCUT2D eigenvalue weighted by atomic mass is 9.75. The molecule has 2 aromatic carbocycles. The number of hydrogen-bond acceptors (Lipinski definition) is 3. The van der Waals surface area contributed by atoms with Crippen molar-refractivity contribution in [1.82, 2.24) is 5.32 Å². The van der Waals surface area contributed by atoms with Crippen LogP contribution in [0, 0.1) is 11.8 Å². The van der Waals surface area contributed by atoms with E-state index >= 15 is 0 Å². The highest BCUT2D eigenvalue weighted by Crippen LogP contribution is 2.33. The lowest BCUT2D eigenvalue weighted by Gasteiger charge is -2.30. The van der Waals surface area contributed by atoms with Gasteiger partial charge < -0.3 is 10.1 Å². The van der Waals surface area contributed by atoms with E-state index in [1.165, 1.54) is 0 Å². The smallest absolute Gasteiger partial charge is 0.224 e. The Kier molecular flexibility index (Phi) is 6.53. The van der Waals surface area contributed by atoms with Crippen LogP contribution in [0.5, 0.6) is 0 Å². The largest absolute Gasteiger partial charge is 0.346 e. The van der Waals surface area contributed by atoms with Gasteiger partial charge in [-0.05, 0) is 24.8 Å². The predicted molar refractivity (Wildman–Crippen MR) is 104 cm³/mol. The van der Waals surface area contributed by atoms with Crippen LogP contribution in [0.25, 0.3) is 0 Å². The first-order valence-electron chi connectivity index (χ1n) is 9.58. The minimum Gasteiger partial charge on any atom is -0.346 e. The lowest BCUT2D eigenvalue weighted by molar-refractivity contribution is -0.129. The second-order valence-electron chi connectivity index (χ2n) is 7.17.